The van der Waals surface area contributed by atoms with Crippen molar-refractivity contribution in [1.29, 1.82) is 0 Å². The maximum Gasteiger partial charge on any atom is 0.255 e. The summed E-state index contributed by atoms with van der Waals surface area (Å²) in [6.45, 7) is 1.38. The van der Waals surface area contributed by atoms with Gasteiger partial charge in [0.1, 0.15) is 24.7 Å². The summed E-state index contributed by atoms with van der Waals surface area (Å²) in [5.74, 6) is 2.38. The molecule has 1 aliphatic heterocycles. The van der Waals surface area contributed by atoms with Crippen molar-refractivity contribution in [3.8, 4) is 23.0 Å². The lowest BCUT2D eigenvalue weighted by Crippen LogP contribution is -2.24. The van der Waals surface area contributed by atoms with Crippen molar-refractivity contribution in [2.24, 2.45) is 0 Å². The lowest BCUT2D eigenvalue weighted by atomic mass is 10.1. The van der Waals surface area contributed by atoms with Gasteiger partial charge in [-0.2, -0.15) is 0 Å². The highest BCUT2D eigenvalue weighted by Crippen LogP contribution is 2.33. The fourth-order valence-electron chi connectivity index (χ4n) is 2.90. The third-order valence-corrected chi connectivity index (χ3v) is 4.19. The van der Waals surface area contributed by atoms with Crippen LogP contribution in [0.1, 0.15) is 15.9 Å². The summed E-state index contributed by atoms with van der Waals surface area (Å²) in [5, 5.41) is 2.94. The Balaban J connectivity index is 1.49. The summed E-state index contributed by atoms with van der Waals surface area (Å²) < 4.78 is 17.1. The highest BCUT2D eigenvalue weighted by Gasteiger charge is 2.17. The summed E-state index contributed by atoms with van der Waals surface area (Å²) in [6.07, 6.45) is 0. The Bertz CT molecular complexity index is 940. The first-order valence-corrected chi connectivity index (χ1v) is 8.79. The lowest BCUT2D eigenvalue weighted by molar-refractivity contribution is 0.0947. The van der Waals surface area contributed by atoms with Crippen molar-refractivity contribution >= 4 is 5.91 Å². The fourth-order valence-corrected chi connectivity index (χ4v) is 2.90. The van der Waals surface area contributed by atoms with Gasteiger partial charge in [-0.1, -0.05) is 42.5 Å². The van der Waals surface area contributed by atoms with Gasteiger partial charge in [-0.3, -0.25) is 4.79 Å². The van der Waals surface area contributed by atoms with E-state index < -0.39 is 0 Å². The van der Waals surface area contributed by atoms with Crippen LogP contribution in [0.3, 0.4) is 0 Å². The minimum Gasteiger partial charge on any atom is -0.486 e. The second kappa shape index (κ2) is 7.83. The Hall–Kier alpha value is -3.47. The standard InChI is InChI=1S/C22H19NO4/c24-22(23-15-16-7-6-12-20-21(16)26-14-13-25-20)18-10-4-5-11-19(18)27-17-8-2-1-3-9-17/h1-12H,13-15H2,(H,23,24). The molecule has 27 heavy (non-hydrogen) atoms. The summed E-state index contributed by atoms with van der Waals surface area (Å²) >= 11 is 0. The SMILES string of the molecule is O=C(NCc1cccc2c1OCCO2)c1ccccc1Oc1ccccc1. The monoisotopic (exact) mass is 361 g/mol. The van der Waals surface area contributed by atoms with Crippen LogP contribution in [0.4, 0.5) is 0 Å². The van der Waals surface area contributed by atoms with Crippen molar-refractivity contribution in [2.75, 3.05) is 13.2 Å². The third-order valence-electron chi connectivity index (χ3n) is 4.19. The van der Waals surface area contributed by atoms with Gasteiger partial charge in [0, 0.05) is 12.1 Å². The van der Waals surface area contributed by atoms with Crippen LogP contribution in [0, 0.1) is 0 Å². The van der Waals surface area contributed by atoms with E-state index in [-0.39, 0.29) is 5.91 Å². The zero-order valence-corrected chi connectivity index (χ0v) is 14.7. The first kappa shape index (κ1) is 17.0. The molecule has 1 heterocycles. The zero-order chi connectivity index (χ0) is 18.5. The minimum atomic E-state index is -0.212. The van der Waals surface area contributed by atoms with Crippen LogP contribution >= 0.6 is 0 Å². The van der Waals surface area contributed by atoms with Crippen molar-refractivity contribution in [3.05, 3.63) is 83.9 Å². The maximum absolute atomic E-state index is 12.7. The van der Waals surface area contributed by atoms with Gasteiger partial charge in [0.2, 0.25) is 0 Å². The molecular weight excluding hydrogens is 342 g/mol. The molecule has 0 aliphatic carbocycles. The number of carbonyl (C=O) groups excluding carboxylic acids is 1. The molecule has 0 saturated heterocycles. The largest absolute Gasteiger partial charge is 0.486 e. The van der Waals surface area contributed by atoms with Crippen LogP contribution < -0.4 is 19.5 Å². The molecule has 136 valence electrons. The van der Waals surface area contributed by atoms with Gasteiger partial charge in [0.25, 0.3) is 5.91 Å². The molecule has 0 fully saturated rings. The van der Waals surface area contributed by atoms with Gasteiger partial charge in [0.15, 0.2) is 11.5 Å². The van der Waals surface area contributed by atoms with Gasteiger partial charge in [-0.25, -0.2) is 0 Å². The normalized spacial score (nSPS) is 12.3. The number of rotatable bonds is 5. The van der Waals surface area contributed by atoms with Crippen molar-refractivity contribution in [1.82, 2.24) is 5.32 Å². The van der Waals surface area contributed by atoms with E-state index in [1.807, 2.05) is 60.7 Å². The second-order valence-electron chi connectivity index (χ2n) is 6.04. The minimum absolute atomic E-state index is 0.212. The van der Waals surface area contributed by atoms with Crippen LogP contribution in [-0.2, 0) is 6.54 Å². The van der Waals surface area contributed by atoms with Gasteiger partial charge in [-0.05, 0) is 30.3 Å². The first-order chi connectivity index (χ1) is 13.3. The Labute approximate surface area is 157 Å². The summed E-state index contributed by atoms with van der Waals surface area (Å²) in [7, 11) is 0. The van der Waals surface area contributed by atoms with E-state index in [9.17, 15) is 4.79 Å². The molecule has 5 nitrogen and oxygen atoms in total. The second-order valence-corrected chi connectivity index (χ2v) is 6.04. The predicted octanol–water partition coefficient (Wildman–Crippen LogP) is 4.18. The van der Waals surface area contributed by atoms with E-state index in [1.165, 1.54) is 0 Å². The molecule has 1 aliphatic rings. The molecule has 0 spiro atoms. The molecule has 0 bridgehead atoms. The number of hydrogen-bond acceptors (Lipinski definition) is 4. The van der Waals surface area contributed by atoms with E-state index in [0.29, 0.717) is 48.3 Å². The first-order valence-electron chi connectivity index (χ1n) is 8.79. The number of carbonyl (C=O) groups is 1. The molecule has 0 radical (unpaired) electrons. The quantitative estimate of drug-likeness (QED) is 0.741. The number of fused-ring (bicyclic) bond motifs is 1. The molecule has 1 N–H and O–H groups in total. The van der Waals surface area contributed by atoms with Crippen molar-refractivity contribution < 1.29 is 19.0 Å². The Morgan fingerprint density at radius 3 is 2.56 bits per heavy atom. The molecule has 5 heteroatoms. The molecule has 1 amide bonds. The zero-order valence-electron chi connectivity index (χ0n) is 14.7. The van der Waals surface area contributed by atoms with Gasteiger partial charge >= 0.3 is 0 Å². The van der Waals surface area contributed by atoms with E-state index in [0.717, 1.165) is 5.56 Å². The summed E-state index contributed by atoms with van der Waals surface area (Å²) in [6, 6.07) is 22.2. The molecule has 0 unspecified atom stereocenters. The highest BCUT2D eigenvalue weighted by atomic mass is 16.6. The summed E-state index contributed by atoms with van der Waals surface area (Å²) in [4.78, 5) is 12.7. The Morgan fingerprint density at radius 2 is 1.67 bits per heavy atom. The number of para-hydroxylation sites is 3. The van der Waals surface area contributed by atoms with E-state index in [2.05, 4.69) is 5.32 Å². The number of benzene rings is 3. The molecular formula is C22H19NO4. The maximum atomic E-state index is 12.7. The fraction of sp³-hybridized carbons (Fsp3) is 0.136. The smallest absolute Gasteiger partial charge is 0.255 e. The Kier molecular flexibility index (Phi) is 4.92. The number of nitrogens with one attached hydrogen (secondary N) is 1. The van der Waals surface area contributed by atoms with Crippen LogP contribution in [-0.4, -0.2) is 19.1 Å². The molecule has 0 atom stereocenters. The average Bonchev–Trinajstić information content (AvgIpc) is 2.73. The van der Waals surface area contributed by atoms with Gasteiger partial charge in [-0.15, -0.1) is 0 Å². The molecule has 0 aromatic heterocycles. The molecule has 3 aromatic carbocycles. The third kappa shape index (κ3) is 3.87. The predicted molar refractivity (Wildman–Crippen MR) is 102 cm³/mol. The van der Waals surface area contributed by atoms with Crippen LogP contribution in [0.15, 0.2) is 72.8 Å². The average molecular weight is 361 g/mol. The van der Waals surface area contributed by atoms with E-state index in [1.54, 1.807) is 12.1 Å². The molecule has 0 saturated carbocycles. The molecule has 3 aromatic rings. The highest BCUT2D eigenvalue weighted by molar-refractivity contribution is 5.97. The molecule has 4 rings (SSSR count). The van der Waals surface area contributed by atoms with Crippen LogP contribution in [0.25, 0.3) is 0 Å². The topological polar surface area (TPSA) is 56.8 Å². The number of hydrogen-bond donors (Lipinski definition) is 1. The Morgan fingerprint density at radius 1 is 0.889 bits per heavy atom. The van der Waals surface area contributed by atoms with Gasteiger partial charge in [0.05, 0.1) is 5.56 Å². The van der Waals surface area contributed by atoms with Gasteiger partial charge < -0.3 is 19.5 Å². The number of ether oxygens (including phenoxy) is 3. The summed E-state index contributed by atoms with van der Waals surface area (Å²) in [5.41, 5.74) is 1.35. The lowest BCUT2D eigenvalue weighted by Gasteiger charge is -2.21. The van der Waals surface area contributed by atoms with Crippen molar-refractivity contribution in [3.63, 3.8) is 0 Å². The van der Waals surface area contributed by atoms with Crippen LogP contribution in [0.2, 0.25) is 0 Å². The number of amides is 1. The van der Waals surface area contributed by atoms with E-state index in [4.69, 9.17) is 14.2 Å². The van der Waals surface area contributed by atoms with E-state index >= 15 is 0 Å². The van der Waals surface area contributed by atoms with Crippen molar-refractivity contribution in [2.45, 2.75) is 6.54 Å². The van der Waals surface area contributed by atoms with Crippen LogP contribution in [0.5, 0.6) is 23.0 Å².